The molecule has 0 aliphatic heterocycles. The van der Waals surface area contributed by atoms with Crippen molar-refractivity contribution < 1.29 is 22.5 Å². The smallest absolute Gasteiger partial charge is 0.308 e. The summed E-state index contributed by atoms with van der Waals surface area (Å²) in [5.41, 5.74) is 1.66. The number of benzene rings is 3. The highest BCUT2D eigenvalue weighted by molar-refractivity contribution is 7.86. The molecular weight excluding hydrogens is 352 g/mol. The molecule has 0 spiro atoms. The molecule has 1 N–H and O–H groups in total. The number of esters is 1. The predicted octanol–water partition coefficient (Wildman–Crippen LogP) is 4.19. The quantitative estimate of drug-likeness (QED) is 0.424. The summed E-state index contributed by atoms with van der Waals surface area (Å²) in [7, 11) is -4.55. The van der Waals surface area contributed by atoms with Gasteiger partial charge in [-0.25, -0.2) is 0 Å². The maximum Gasteiger partial charge on any atom is 0.308 e. The van der Waals surface area contributed by atoms with Crippen molar-refractivity contribution in [3.63, 3.8) is 0 Å². The van der Waals surface area contributed by atoms with Crippen LogP contribution in [0.5, 0.6) is 5.75 Å². The Balaban J connectivity index is 2.40. The monoisotopic (exact) mass is 368 g/mol. The van der Waals surface area contributed by atoms with Gasteiger partial charge in [0.15, 0.2) is 0 Å². The number of rotatable bonds is 4. The molecule has 3 aromatic carbocycles. The van der Waals surface area contributed by atoms with Gasteiger partial charge >= 0.3 is 5.97 Å². The van der Waals surface area contributed by atoms with Gasteiger partial charge in [0.25, 0.3) is 10.1 Å². The second kappa shape index (κ2) is 7.11. The van der Waals surface area contributed by atoms with Crippen molar-refractivity contribution in [2.75, 3.05) is 0 Å². The van der Waals surface area contributed by atoms with Crippen LogP contribution < -0.4 is 4.74 Å². The molecule has 0 heterocycles. The summed E-state index contributed by atoms with van der Waals surface area (Å²) in [5, 5.41) is 0. The zero-order valence-electron chi connectivity index (χ0n) is 13.9. The van der Waals surface area contributed by atoms with Gasteiger partial charge in [0.2, 0.25) is 0 Å². The van der Waals surface area contributed by atoms with Crippen LogP contribution in [-0.2, 0) is 14.9 Å². The Morgan fingerprint density at radius 1 is 0.846 bits per heavy atom. The standard InChI is InChI=1S/C20H16O5S/c1-14(21)25-17-12-18(15-8-4-2-5-9-15)20(26(22,23)24)19(13-17)16-10-6-3-7-11-16/h2-13H,1H3,(H,22,23,24). The average molecular weight is 368 g/mol. The molecule has 0 fully saturated rings. The summed E-state index contributed by atoms with van der Waals surface area (Å²) in [4.78, 5) is 11.2. The molecule has 0 amide bonds. The van der Waals surface area contributed by atoms with Crippen LogP contribution in [0.1, 0.15) is 6.92 Å². The summed E-state index contributed by atoms with van der Waals surface area (Å²) < 4.78 is 39.5. The number of carbonyl (C=O) groups is 1. The number of carbonyl (C=O) groups excluding carboxylic acids is 1. The Kier molecular flexibility index (Phi) is 4.88. The first kappa shape index (κ1) is 17.8. The summed E-state index contributed by atoms with van der Waals surface area (Å²) in [6.07, 6.45) is 0. The minimum atomic E-state index is -4.55. The first-order valence-electron chi connectivity index (χ1n) is 7.81. The van der Waals surface area contributed by atoms with Crippen molar-refractivity contribution in [2.24, 2.45) is 0 Å². The highest BCUT2D eigenvalue weighted by atomic mass is 32.2. The van der Waals surface area contributed by atoms with Crippen molar-refractivity contribution >= 4 is 16.1 Å². The van der Waals surface area contributed by atoms with Crippen LogP contribution in [0.3, 0.4) is 0 Å². The molecule has 0 aliphatic carbocycles. The van der Waals surface area contributed by atoms with Gasteiger partial charge in [-0.15, -0.1) is 0 Å². The molecule has 132 valence electrons. The first-order chi connectivity index (χ1) is 12.4. The lowest BCUT2D eigenvalue weighted by molar-refractivity contribution is -0.131. The lowest BCUT2D eigenvalue weighted by Crippen LogP contribution is -2.07. The fourth-order valence-corrected chi connectivity index (χ4v) is 3.68. The fourth-order valence-electron chi connectivity index (χ4n) is 2.77. The van der Waals surface area contributed by atoms with Gasteiger partial charge in [-0.3, -0.25) is 9.35 Å². The second-order valence-corrected chi connectivity index (χ2v) is 7.01. The average Bonchev–Trinajstić information content (AvgIpc) is 2.61. The van der Waals surface area contributed by atoms with Gasteiger partial charge in [-0.05, 0) is 23.3 Å². The Hall–Kier alpha value is -2.96. The third kappa shape index (κ3) is 3.82. The van der Waals surface area contributed by atoms with Gasteiger partial charge in [0.05, 0.1) is 0 Å². The third-order valence-corrected chi connectivity index (χ3v) is 4.71. The van der Waals surface area contributed by atoms with E-state index in [1.165, 1.54) is 19.1 Å². The highest BCUT2D eigenvalue weighted by Crippen LogP contribution is 2.39. The Morgan fingerprint density at radius 2 is 1.27 bits per heavy atom. The topological polar surface area (TPSA) is 80.7 Å². The van der Waals surface area contributed by atoms with Gasteiger partial charge in [0, 0.05) is 18.1 Å². The minimum Gasteiger partial charge on any atom is -0.427 e. The summed E-state index contributed by atoms with van der Waals surface area (Å²) in [5.74, 6) is -0.328. The molecule has 0 saturated heterocycles. The zero-order chi connectivity index (χ0) is 18.7. The fraction of sp³-hybridized carbons (Fsp3) is 0.0500. The summed E-state index contributed by atoms with van der Waals surface area (Å²) in [6, 6.07) is 20.4. The molecule has 0 unspecified atom stereocenters. The van der Waals surface area contributed by atoms with Crippen molar-refractivity contribution in [1.29, 1.82) is 0 Å². The Labute approximate surface area is 151 Å². The largest absolute Gasteiger partial charge is 0.427 e. The van der Waals surface area contributed by atoms with Gasteiger partial charge < -0.3 is 4.74 Å². The summed E-state index contributed by atoms with van der Waals surface area (Å²) in [6.45, 7) is 1.26. The summed E-state index contributed by atoms with van der Waals surface area (Å²) >= 11 is 0. The van der Waals surface area contributed by atoms with E-state index < -0.39 is 16.1 Å². The molecule has 6 heteroatoms. The lowest BCUT2D eigenvalue weighted by Gasteiger charge is -2.15. The predicted molar refractivity (Wildman–Crippen MR) is 98.4 cm³/mol. The number of hydrogen-bond donors (Lipinski definition) is 1. The van der Waals surface area contributed by atoms with E-state index in [2.05, 4.69) is 0 Å². The minimum absolute atomic E-state index is 0.197. The van der Waals surface area contributed by atoms with Gasteiger partial charge in [-0.2, -0.15) is 8.42 Å². The van der Waals surface area contributed by atoms with Gasteiger partial charge in [-0.1, -0.05) is 60.7 Å². The lowest BCUT2D eigenvalue weighted by atomic mass is 9.98. The highest BCUT2D eigenvalue weighted by Gasteiger charge is 2.24. The van der Waals surface area contributed by atoms with E-state index >= 15 is 0 Å². The molecule has 26 heavy (non-hydrogen) atoms. The molecule has 0 aromatic heterocycles. The number of hydrogen-bond acceptors (Lipinski definition) is 4. The molecule has 3 aromatic rings. The SMILES string of the molecule is CC(=O)Oc1cc(-c2ccccc2)c(S(=O)(=O)O)c(-c2ccccc2)c1. The van der Waals surface area contributed by atoms with Crippen molar-refractivity contribution in [1.82, 2.24) is 0 Å². The molecule has 0 radical (unpaired) electrons. The van der Waals surface area contributed by atoms with Crippen LogP contribution in [0, 0.1) is 0 Å². The van der Waals surface area contributed by atoms with Crippen LogP contribution in [0.15, 0.2) is 77.7 Å². The molecule has 0 bridgehead atoms. The molecule has 0 aliphatic rings. The first-order valence-corrected chi connectivity index (χ1v) is 9.25. The van der Waals surface area contributed by atoms with Crippen molar-refractivity contribution in [3.8, 4) is 28.0 Å². The second-order valence-electron chi connectivity index (χ2n) is 5.65. The van der Waals surface area contributed by atoms with Crippen LogP contribution in [0.4, 0.5) is 0 Å². The maximum absolute atomic E-state index is 12.2. The zero-order valence-corrected chi connectivity index (χ0v) is 14.7. The van der Waals surface area contributed by atoms with Crippen LogP contribution >= 0.6 is 0 Å². The van der Waals surface area contributed by atoms with Crippen LogP contribution in [0.2, 0.25) is 0 Å². The van der Waals surface area contributed by atoms with Gasteiger partial charge in [0.1, 0.15) is 10.6 Å². The molecule has 5 nitrogen and oxygen atoms in total. The normalized spacial score (nSPS) is 11.2. The molecular formula is C20H16O5S. The van der Waals surface area contributed by atoms with Crippen LogP contribution in [-0.4, -0.2) is 18.9 Å². The van der Waals surface area contributed by atoms with Crippen molar-refractivity contribution in [2.45, 2.75) is 11.8 Å². The van der Waals surface area contributed by atoms with E-state index in [4.69, 9.17) is 4.74 Å². The van der Waals surface area contributed by atoms with E-state index in [0.717, 1.165) is 0 Å². The van der Waals surface area contributed by atoms with E-state index in [1.54, 1.807) is 60.7 Å². The third-order valence-electron chi connectivity index (χ3n) is 3.75. The van der Waals surface area contributed by atoms with Crippen LogP contribution in [0.25, 0.3) is 22.3 Å². The Morgan fingerprint density at radius 3 is 1.62 bits per heavy atom. The Bertz CT molecular complexity index is 982. The maximum atomic E-state index is 12.2. The molecule has 0 atom stereocenters. The van der Waals surface area contributed by atoms with E-state index in [9.17, 15) is 17.8 Å². The van der Waals surface area contributed by atoms with E-state index in [-0.39, 0.29) is 21.8 Å². The molecule has 0 saturated carbocycles. The number of ether oxygens (including phenoxy) is 1. The molecule has 3 rings (SSSR count). The van der Waals surface area contributed by atoms with Crippen molar-refractivity contribution in [3.05, 3.63) is 72.8 Å². The van der Waals surface area contributed by atoms with E-state index in [0.29, 0.717) is 11.1 Å². The van der Waals surface area contributed by atoms with E-state index in [1.807, 2.05) is 0 Å².